The van der Waals surface area contributed by atoms with Gasteiger partial charge in [-0.1, -0.05) is 43.9 Å². The first-order valence-electron chi connectivity index (χ1n) is 6.61. The Balaban J connectivity index is 2.00. The van der Waals surface area contributed by atoms with E-state index in [-0.39, 0.29) is 16.6 Å². The number of likely N-dealkylation sites (tertiary alicyclic amines) is 1. The van der Waals surface area contributed by atoms with Crippen LogP contribution >= 0.6 is 23.1 Å². The number of carbonyl (C=O) groups is 1. The van der Waals surface area contributed by atoms with Gasteiger partial charge in [-0.05, 0) is 25.2 Å². The number of piperidine rings is 1. The predicted octanol–water partition coefficient (Wildman–Crippen LogP) is 2.98. The number of nitrogens with zero attached hydrogens (tertiary/aromatic N) is 3. The second-order valence-electron chi connectivity index (χ2n) is 6.16. The van der Waals surface area contributed by atoms with Gasteiger partial charge in [-0.25, -0.2) is 0 Å². The molecule has 0 aliphatic carbocycles. The van der Waals surface area contributed by atoms with E-state index in [2.05, 4.69) is 31.0 Å². The van der Waals surface area contributed by atoms with Gasteiger partial charge in [0.15, 0.2) is 4.34 Å². The second kappa shape index (κ2) is 5.79. The molecule has 1 atom stereocenters. The van der Waals surface area contributed by atoms with Crippen LogP contribution in [0.25, 0.3) is 0 Å². The molecule has 0 spiro atoms. The Kier molecular flexibility index (Phi) is 4.50. The summed E-state index contributed by atoms with van der Waals surface area (Å²) >= 11 is 3.14. The van der Waals surface area contributed by atoms with Crippen molar-refractivity contribution < 1.29 is 4.79 Å². The summed E-state index contributed by atoms with van der Waals surface area (Å²) in [5, 5.41) is 9.09. The molecule has 0 bridgehead atoms. The summed E-state index contributed by atoms with van der Waals surface area (Å²) in [6.45, 7) is 10.2. The molecule has 6 heteroatoms. The number of carbonyl (C=O) groups excluding carboxylic acids is 1. The lowest BCUT2D eigenvalue weighted by molar-refractivity contribution is -0.133. The highest BCUT2D eigenvalue weighted by Crippen LogP contribution is 2.33. The standard InChI is InChI=1S/C13H21N3OS2/c1-9-14-15-12(18-9)19-10-6-5-7-16(11(10)17)8-13(2,3)4/h10H,5-8H2,1-4H3. The molecule has 0 radical (unpaired) electrons. The third-order valence-electron chi connectivity index (χ3n) is 2.90. The van der Waals surface area contributed by atoms with E-state index in [0.717, 1.165) is 35.3 Å². The maximum absolute atomic E-state index is 12.5. The minimum Gasteiger partial charge on any atom is -0.341 e. The minimum atomic E-state index is 0.0171. The summed E-state index contributed by atoms with van der Waals surface area (Å²) in [4.78, 5) is 14.5. The van der Waals surface area contributed by atoms with Gasteiger partial charge in [0.05, 0.1) is 5.25 Å². The number of rotatable bonds is 3. The van der Waals surface area contributed by atoms with Crippen molar-refractivity contribution in [1.82, 2.24) is 15.1 Å². The fraction of sp³-hybridized carbons (Fsp3) is 0.769. The van der Waals surface area contributed by atoms with Crippen molar-refractivity contribution in [2.75, 3.05) is 13.1 Å². The number of aryl methyl sites for hydroxylation is 1. The van der Waals surface area contributed by atoms with Crippen molar-refractivity contribution >= 4 is 29.0 Å². The third kappa shape index (κ3) is 4.18. The van der Waals surface area contributed by atoms with Crippen molar-refractivity contribution in [3.63, 3.8) is 0 Å². The van der Waals surface area contributed by atoms with Crippen molar-refractivity contribution in [2.24, 2.45) is 5.41 Å². The quantitative estimate of drug-likeness (QED) is 0.861. The normalized spacial score (nSPS) is 20.9. The molecule has 1 fully saturated rings. The van der Waals surface area contributed by atoms with Crippen molar-refractivity contribution in [3.05, 3.63) is 5.01 Å². The molecule has 0 N–H and O–H groups in total. The smallest absolute Gasteiger partial charge is 0.236 e. The van der Waals surface area contributed by atoms with Crippen LogP contribution in [-0.2, 0) is 4.79 Å². The van der Waals surface area contributed by atoms with Crippen LogP contribution in [0.5, 0.6) is 0 Å². The molecular weight excluding hydrogens is 278 g/mol. The van der Waals surface area contributed by atoms with Crippen LogP contribution in [0.2, 0.25) is 0 Å². The van der Waals surface area contributed by atoms with Crippen LogP contribution in [0.15, 0.2) is 4.34 Å². The van der Waals surface area contributed by atoms with Crippen LogP contribution < -0.4 is 0 Å². The summed E-state index contributed by atoms with van der Waals surface area (Å²) in [7, 11) is 0. The summed E-state index contributed by atoms with van der Waals surface area (Å²) in [5.41, 5.74) is 0.154. The Morgan fingerprint density at radius 1 is 1.42 bits per heavy atom. The van der Waals surface area contributed by atoms with E-state index in [0.29, 0.717) is 0 Å². The fourth-order valence-corrected chi connectivity index (χ4v) is 4.38. The van der Waals surface area contributed by atoms with Crippen LogP contribution in [0.4, 0.5) is 0 Å². The minimum absolute atomic E-state index is 0.0171. The van der Waals surface area contributed by atoms with E-state index >= 15 is 0 Å². The topological polar surface area (TPSA) is 46.1 Å². The molecule has 2 heterocycles. The van der Waals surface area contributed by atoms with E-state index in [1.807, 2.05) is 11.8 Å². The zero-order valence-corrected chi connectivity index (χ0v) is 13.6. The lowest BCUT2D eigenvalue weighted by Crippen LogP contribution is -2.46. The van der Waals surface area contributed by atoms with Gasteiger partial charge in [-0.15, -0.1) is 10.2 Å². The highest BCUT2D eigenvalue weighted by molar-refractivity contribution is 8.02. The molecule has 19 heavy (non-hydrogen) atoms. The van der Waals surface area contributed by atoms with Crippen LogP contribution in [0, 0.1) is 12.3 Å². The second-order valence-corrected chi connectivity index (χ2v) is 8.79. The van der Waals surface area contributed by atoms with Crippen molar-refractivity contribution in [2.45, 2.75) is 50.1 Å². The average Bonchev–Trinajstić information content (AvgIpc) is 2.68. The number of hydrogen-bond donors (Lipinski definition) is 0. The first-order valence-corrected chi connectivity index (χ1v) is 8.30. The van der Waals surface area contributed by atoms with Gasteiger partial charge in [0, 0.05) is 13.1 Å². The first kappa shape index (κ1) is 14.8. The van der Waals surface area contributed by atoms with Crippen molar-refractivity contribution in [1.29, 1.82) is 0 Å². The summed E-state index contributed by atoms with van der Waals surface area (Å²) in [6, 6.07) is 0. The Hall–Kier alpha value is -0.620. The maximum Gasteiger partial charge on any atom is 0.236 e. The van der Waals surface area contributed by atoms with Crippen LogP contribution in [0.3, 0.4) is 0 Å². The van der Waals surface area contributed by atoms with E-state index in [1.54, 1.807) is 23.1 Å². The van der Waals surface area contributed by atoms with Gasteiger partial charge < -0.3 is 4.90 Å². The van der Waals surface area contributed by atoms with Gasteiger partial charge >= 0.3 is 0 Å². The largest absolute Gasteiger partial charge is 0.341 e. The molecular formula is C13H21N3OS2. The number of amides is 1. The Bertz CT molecular complexity index is 453. The molecule has 1 aliphatic heterocycles. The molecule has 1 aliphatic rings. The molecule has 2 rings (SSSR count). The van der Waals surface area contributed by atoms with Gasteiger partial charge in [0.2, 0.25) is 5.91 Å². The Morgan fingerprint density at radius 3 is 2.74 bits per heavy atom. The molecule has 1 saturated heterocycles. The lowest BCUT2D eigenvalue weighted by atomic mass is 9.94. The summed E-state index contributed by atoms with van der Waals surface area (Å²) in [5.74, 6) is 0.263. The Morgan fingerprint density at radius 2 is 2.16 bits per heavy atom. The third-order valence-corrected chi connectivity index (χ3v) is 5.07. The molecule has 1 amide bonds. The van der Waals surface area contributed by atoms with Crippen LogP contribution in [-0.4, -0.2) is 39.3 Å². The summed E-state index contributed by atoms with van der Waals surface area (Å²) < 4.78 is 0.911. The number of thioether (sulfide) groups is 1. The molecule has 1 aromatic heterocycles. The van der Waals surface area contributed by atoms with Gasteiger partial charge in [0.25, 0.3) is 0 Å². The van der Waals surface area contributed by atoms with Gasteiger partial charge in [0.1, 0.15) is 5.01 Å². The number of aromatic nitrogens is 2. The molecule has 0 aromatic carbocycles. The maximum atomic E-state index is 12.5. The van der Waals surface area contributed by atoms with Gasteiger partial charge in [-0.3, -0.25) is 4.79 Å². The molecule has 0 saturated carbocycles. The Labute approximate surface area is 123 Å². The summed E-state index contributed by atoms with van der Waals surface area (Å²) in [6.07, 6.45) is 2.03. The highest BCUT2D eigenvalue weighted by Gasteiger charge is 2.32. The van der Waals surface area contributed by atoms with E-state index in [9.17, 15) is 4.79 Å². The van der Waals surface area contributed by atoms with E-state index < -0.39 is 0 Å². The highest BCUT2D eigenvalue weighted by atomic mass is 32.2. The first-order chi connectivity index (χ1) is 8.85. The SMILES string of the molecule is Cc1nnc(SC2CCCN(CC(C)(C)C)C2=O)s1. The zero-order valence-electron chi connectivity index (χ0n) is 12.0. The zero-order chi connectivity index (χ0) is 14.0. The molecule has 1 aromatic rings. The van der Waals surface area contributed by atoms with E-state index in [1.165, 1.54) is 0 Å². The van der Waals surface area contributed by atoms with Crippen molar-refractivity contribution in [3.8, 4) is 0 Å². The van der Waals surface area contributed by atoms with Gasteiger partial charge in [-0.2, -0.15) is 0 Å². The predicted molar refractivity (Wildman–Crippen MR) is 79.6 cm³/mol. The molecule has 4 nitrogen and oxygen atoms in total. The monoisotopic (exact) mass is 299 g/mol. The molecule has 106 valence electrons. The fourth-order valence-electron chi connectivity index (χ4n) is 2.19. The average molecular weight is 299 g/mol. The lowest BCUT2D eigenvalue weighted by Gasteiger charge is -2.35. The van der Waals surface area contributed by atoms with E-state index in [4.69, 9.17) is 0 Å². The molecule has 1 unspecified atom stereocenters. The van der Waals surface area contributed by atoms with Crippen LogP contribution in [0.1, 0.15) is 38.6 Å². The number of hydrogen-bond acceptors (Lipinski definition) is 5.